The summed E-state index contributed by atoms with van der Waals surface area (Å²) < 4.78 is 0. The lowest BCUT2D eigenvalue weighted by molar-refractivity contribution is 0.606. The van der Waals surface area contributed by atoms with E-state index in [1.54, 1.807) is 0 Å². The Hall–Kier alpha value is -1.04. The third-order valence-electron chi connectivity index (χ3n) is 3.24. The molecule has 0 spiro atoms. The highest BCUT2D eigenvalue weighted by molar-refractivity contribution is 4.93. The van der Waals surface area contributed by atoms with E-state index < -0.39 is 0 Å². The van der Waals surface area contributed by atoms with Gasteiger partial charge in [-0.25, -0.2) is 0 Å². The Morgan fingerprint density at radius 3 is 1.85 bits per heavy atom. The first-order chi connectivity index (χ1) is 9.33. The predicted molar refractivity (Wildman–Crippen MR) is 96.1 cm³/mol. The first-order valence-corrected chi connectivity index (χ1v) is 7.86. The summed E-state index contributed by atoms with van der Waals surface area (Å²) >= 11 is 0. The van der Waals surface area contributed by atoms with E-state index in [0.29, 0.717) is 11.8 Å². The molecule has 0 nitrogen and oxygen atoms in total. The standard InChI is InChI=1S/2C10H18/c2*1-5-10(4)8-6-7-9(2)3/h5,7,10H,1,6,8H2,2-4H3;5,10H,1-2,6-8H2,3-4H3. The molecule has 116 valence electrons. The minimum atomic E-state index is 0.663. The van der Waals surface area contributed by atoms with E-state index in [1.807, 2.05) is 12.2 Å². The normalized spacial score (nSPS) is 12.4. The second-order valence-corrected chi connectivity index (χ2v) is 6.13. The van der Waals surface area contributed by atoms with Gasteiger partial charge in [0.2, 0.25) is 0 Å². The molecule has 2 atom stereocenters. The van der Waals surface area contributed by atoms with Crippen molar-refractivity contribution in [2.24, 2.45) is 11.8 Å². The van der Waals surface area contributed by atoms with Crippen LogP contribution in [0.4, 0.5) is 0 Å². The fourth-order valence-corrected chi connectivity index (χ4v) is 1.60. The molecule has 0 aromatic carbocycles. The lowest BCUT2D eigenvalue weighted by atomic mass is 10.0. The summed E-state index contributed by atoms with van der Waals surface area (Å²) in [7, 11) is 0. The zero-order chi connectivity index (χ0) is 16.0. The fraction of sp³-hybridized carbons (Fsp3) is 0.600. The van der Waals surface area contributed by atoms with Crippen LogP contribution in [-0.4, -0.2) is 0 Å². The molecule has 0 rings (SSSR count). The third kappa shape index (κ3) is 19.3. The van der Waals surface area contributed by atoms with Crippen LogP contribution in [0.5, 0.6) is 0 Å². The van der Waals surface area contributed by atoms with Crippen LogP contribution in [0.2, 0.25) is 0 Å². The second-order valence-electron chi connectivity index (χ2n) is 6.13. The van der Waals surface area contributed by atoms with Crippen LogP contribution in [0, 0.1) is 11.8 Å². The number of hydrogen-bond donors (Lipinski definition) is 0. The number of hydrogen-bond acceptors (Lipinski definition) is 0. The van der Waals surface area contributed by atoms with Crippen LogP contribution in [0.25, 0.3) is 0 Å². The molecule has 0 fully saturated rings. The summed E-state index contributed by atoms with van der Waals surface area (Å²) in [5.41, 5.74) is 2.70. The van der Waals surface area contributed by atoms with Gasteiger partial charge in [0.1, 0.15) is 0 Å². The Morgan fingerprint density at radius 1 is 0.950 bits per heavy atom. The number of rotatable bonds is 9. The van der Waals surface area contributed by atoms with Gasteiger partial charge in [0.15, 0.2) is 0 Å². The fourth-order valence-electron chi connectivity index (χ4n) is 1.60. The predicted octanol–water partition coefficient (Wildman–Crippen LogP) is 7.11. The average molecular weight is 277 g/mol. The Morgan fingerprint density at radius 2 is 1.45 bits per heavy atom. The lowest BCUT2D eigenvalue weighted by Crippen LogP contribution is -1.88. The van der Waals surface area contributed by atoms with E-state index in [9.17, 15) is 0 Å². The molecule has 0 amide bonds. The minimum absolute atomic E-state index is 0.663. The average Bonchev–Trinajstić information content (AvgIpc) is 2.38. The zero-order valence-electron chi connectivity index (χ0n) is 14.5. The van der Waals surface area contributed by atoms with Crippen molar-refractivity contribution in [2.75, 3.05) is 0 Å². The Kier molecular flexibility index (Phi) is 15.3. The summed E-state index contributed by atoms with van der Waals surface area (Å²) in [6, 6.07) is 0. The largest absolute Gasteiger partial charge is 0.103 e. The van der Waals surface area contributed by atoms with E-state index in [1.165, 1.54) is 36.8 Å². The zero-order valence-corrected chi connectivity index (χ0v) is 14.5. The van der Waals surface area contributed by atoms with Gasteiger partial charge >= 0.3 is 0 Å². The molecular formula is C20H36. The summed E-state index contributed by atoms with van der Waals surface area (Å²) in [6.07, 6.45) is 12.4. The molecule has 2 unspecified atom stereocenters. The van der Waals surface area contributed by atoms with Crippen LogP contribution in [0.1, 0.15) is 66.7 Å². The van der Waals surface area contributed by atoms with Crippen molar-refractivity contribution in [3.8, 4) is 0 Å². The van der Waals surface area contributed by atoms with Crippen LogP contribution in [0.3, 0.4) is 0 Å². The molecular weight excluding hydrogens is 240 g/mol. The lowest BCUT2D eigenvalue weighted by Gasteiger charge is -2.03. The van der Waals surface area contributed by atoms with Gasteiger partial charge in [0, 0.05) is 0 Å². The minimum Gasteiger partial charge on any atom is -0.103 e. The van der Waals surface area contributed by atoms with Gasteiger partial charge in [0.25, 0.3) is 0 Å². The van der Waals surface area contributed by atoms with Crippen molar-refractivity contribution >= 4 is 0 Å². The second kappa shape index (κ2) is 14.4. The van der Waals surface area contributed by atoms with Crippen molar-refractivity contribution in [1.29, 1.82) is 0 Å². The molecule has 0 heteroatoms. The maximum atomic E-state index is 3.85. The smallest absolute Gasteiger partial charge is 0.0262 e. The Balaban J connectivity index is 0. The molecule has 0 aliphatic carbocycles. The van der Waals surface area contributed by atoms with Gasteiger partial charge in [-0.2, -0.15) is 0 Å². The van der Waals surface area contributed by atoms with Crippen molar-refractivity contribution < 1.29 is 0 Å². The quantitative estimate of drug-likeness (QED) is 0.394. The van der Waals surface area contributed by atoms with E-state index in [4.69, 9.17) is 0 Å². The van der Waals surface area contributed by atoms with Gasteiger partial charge < -0.3 is 0 Å². The molecule has 0 aliphatic rings. The van der Waals surface area contributed by atoms with E-state index in [2.05, 4.69) is 60.4 Å². The topological polar surface area (TPSA) is 0 Å². The van der Waals surface area contributed by atoms with E-state index in [0.717, 1.165) is 6.42 Å². The first-order valence-electron chi connectivity index (χ1n) is 7.86. The van der Waals surface area contributed by atoms with Crippen molar-refractivity contribution in [3.63, 3.8) is 0 Å². The number of allylic oxidation sites excluding steroid dienone is 5. The van der Waals surface area contributed by atoms with Crippen molar-refractivity contribution in [2.45, 2.75) is 66.7 Å². The van der Waals surface area contributed by atoms with Gasteiger partial charge in [-0.1, -0.05) is 43.2 Å². The molecule has 0 heterocycles. The maximum Gasteiger partial charge on any atom is -0.0262 e. The highest BCUT2D eigenvalue weighted by Crippen LogP contribution is 2.11. The van der Waals surface area contributed by atoms with Crippen LogP contribution >= 0.6 is 0 Å². The Labute approximate surface area is 128 Å². The molecule has 0 saturated heterocycles. The third-order valence-corrected chi connectivity index (χ3v) is 3.24. The summed E-state index contributed by atoms with van der Waals surface area (Å²) in [6.45, 7) is 22.1. The molecule has 0 aliphatic heterocycles. The highest BCUT2D eigenvalue weighted by atomic mass is 14.0. The van der Waals surface area contributed by atoms with E-state index in [-0.39, 0.29) is 0 Å². The van der Waals surface area contributed by atoms with Crippen LogP contribution < -0.4 is 0 Å². The van der Waals surface area contributed by atoms with Gasteiger partial charge in [-0.3, -0.25) is 0 Å². The highest BCUT2D eigenvalue weighted by Gasteiger charge is 1.95. The van der Waals surface area contributed by atoms with Gasteiger partial charge in [0.05, 0.1) is 0 Å². The maximum absolute atomic E-state index is 3.85. The summed E-state index contributed by atoms with van der Waals surface area (Å²) in [4.78, 5) is 0. The van der Waals surface area contributed by atoms with Gasteiger partial charge in [-0.15, -0.1) is 19.7 Å². The molecule has 0 aromatic heterocycles. The molecule has 0 N–H and O–H groups in total. The van der Waals surface area contributed by atoms with Gasteiger partial charge in [-0.05, 0) is 64.7 Å². The monoisotopic (exact) mass is 276 g/mol. The molecule has 0 bridgehead atoms. The van der Waals surface area contributed by atoms with Crippen molar-refractivity contribution in [1.82, 2.24) is 0 Å². The first kappa shape index (κ1) is 21.3. The van der Waals surface area contributed by atoms with Crippen molar-refractivity contribution in [3.05, 3.63) is 49.1 Å². The van der Waals surface area contributed by atoms with Crippen LogP contribution in [-0.2, 0) is 0 Å². The van der Waals surface area contributed by atoms with E-state index >= 15 is 0 Å². The van der Waals surface area contributed by atoms with Crippen LogP contribution in [0.15, 0.2) is 49.1 Å². The summed E-state index contributed by atoms with van der Waals surface area (Å²) in [5.74, 6) is 1.33. The SMILES string of the molecule is C=CC(C)CCC=C(C)C.C=CC(C)CCCC(=C)C. The summed E-state index contributed by atoms with van der Waals surface area (Å²) in [5, 5.41) is 0. The molecule has 20 heavy (non-hydrogen) atoms. The Bertz CT molecular complexity index is 289. The molecule has 0 aromatic rings. The molecule has 0 radical (unpaired) electrons. The molecule has 0 saturated carbocycles.